The SMILES string of the molecule is CNC(=O)c1ccc(CN2C[C@@H](C)OC[C@@H]2c2ccccc2)cc1. The summed E-state index contributed by atoms with van der Waals surface area (Å²) in [5, 5.41) is 2.65. The molecule has 0 unspecified atom stereocenters. The summed E-state index contributed by atoms with van der Waals surface area (Å²) >= 11 is 0. The van der Waals surface area contributed by atoms with Gasteiger partial charge in [0.05, 0.1) is 18.8 Å². The Balaban J connectivity index is 1.76. The fraction of sp³-hybridized carbons (Fsp3) is 0.350. The molecule has 1 N–H and O–H groups in total. The van der Waals surface area contributed by atoms with Gasteiger partial charge in [-0.2, -0.15) is 0 Å². The van der Waals surface area contributed by atoms with Gasteiger partial charge in [-0.3, -0.25) is 9.69 Å². The predicted molar refractivity (Wildman–Crippen MR) is 94.8 cm³/mol. The number of hydrogen-bond acceptors (Lipinski definition) is 3. The Labute approximate surface area is 143 Å². The van der Waals surface area contributed by atoms with E-state index in [-0.39, 0.29) is 18.1 Å². The van der Waals surface area contributed by atoms with Gasteiger partial charge in [0.2, 0.25) is 0 Å². The lowest BCUT2D eigenvalue weighted by molar-refractivity contribution is -0.0597. The van der Waals surface area contributed by atoms with E-state index in [0.29, 0.717) is 12.2 Å². The van der Waals surface area contributed by atoms with Gasteiger partial charge in [-0.25, -0.2) is 0 Å². The molecular weight excluding hydrogens is 300 g/mol. The van der Waals surface area contributed by atoms with E-state index >= 15 is 0 Å². The van der Waals surface area contributed by atoms with Crippen molar-refractivity contribution >= 4 is 5.91 Å². The molecule has 2 aromatic carbocycles. The van der Waals surface area contributed by atoms with Gasteiger partial charge < -0.3 is 10.1 Å². The average Bonchev–Trinajstić information content (AvgIpc) is 2.62. The molecule has 0 aromatic heterocycles. The highest BCUT2D eigenvalue weighted by Crippen LogP contribution is 2.27. The van der Waals surface area contributed by atoms with Crippen LogP contribution in [0.25, 0.3) is 0 Å². The van der Waals surface area contributed by atoms with Crippen molar-refractivity contribution in [2.45, 2.75) is 25.6 Å². The number of benzene rings is 2. The first kappa shape index (κ1) is 16.7. The van der Waals surface area contributed by atoms with Crippen molar-refractivity contribution in [2.24, 2.45) is 0 Å². The first-order chi connectivity index (χ1) is 11.7. The zero-order valence-corrected chi connectivity index (χ0v) is 14.2. The van der Waals surface area contributed by atoms with Gasteiger partial charge >= 0.3 is 0 Å². The number of carbonyl (C=O) groups is 1. The number of nitrogens with one attached hydrogen (secondary N) is 1. The molecule has 4 nitrogen and oxygen atoms in total. The Bertz CT molecular complexity index is 670. The largest absolute Gasteiger partial charge is 0.375 e. The van der Waals surface area contributed by atoms with Crippen molar-refractivity contribution < 1.29 is 9.53 Å². The summed E-state index contributed by atoms with van der Waals surface area (Å²) in [4.78, 5) is 14.1. The standard InChI is InChI=1S/C20H24N2O2/c1-15-12-22(19(14-24-15)17-6-4-3-5-7-17)13-16-8-10-18(11-9-16)20(23)21-2/h3-11,15,19H,12-14H2,1-2H3,(H,21,23)/t15-,19-/m1/s1. The van der Waals surface area contributed by atoms with Crippen LogP contribution in [-0.2, 0) is 11.3 Å². The van der Waals surface area contributed by atoms with Gasteiger partial charge in [0, 0.05) is 25.7 Å². The van der Waals surface area contributed by atoms with Crippen LogP contribution in [-0.4, -0.2) is 37.1 Å². The maximum Gasteiger partial charge on any atom is 0.251 e. The summed E-state index contributed by atoms with van der Waals surface area (Å²) in [5.41, 5.74) is 3.18. The van der Waals surface area contributed by atoms with Gasteiger partial charge in [0.25, 0.3) is 5.91 Å². The lowest BCUT2D eigenvalue weighted by Gasteiger charge is -2.39. The maximum atomic E-state index is 11.7. The maximum absolute atomic E-state index is 11.7. The average molecular weight is 324 g/mol. The Morgan fingerprint density at radius 1 is 1.17 bits per heavy atom. The van der Waals surface area contributed by atoms with Crippen LogP contribution in [0, 0.1) is 0 Å². The monoisotopic (exact) mass is 324 g/mol. The van der Waals surface area contributed by atoms with Gasteiger partial charge in [-0.15, -0.1) is 0 Å². The molecule has 3 rings (SSSR count). The molecule has 0 bridgehead atoms. The van der Waals surface area contributed by atoms with E-state index in [2.05, 4.69) is 41.4 Å². The number of rotatable bonds is 4. The molecule has 1 aliphatic rings. The molecule has 1 saturated heterocycles. The van der Waals surface area contributed by atoms with Crippen LogP contribution in [0.5, 0.6) is 0 Å². The second-order valence-corrected chi connectivity index (χ2v) is 6.28. The van der Waals surface area contributed by atoms with Crippen LogP contribution in [0.1, 0.15) is 34.5 Å². The van der Waals surface area contributed by atoms with E-state index < -0.39 is 0 Å². The minimum Gasteiger partial charge on any atom is -0.375 e. The van der Waals surface area contributed by atoms with Crippen LogP contribution in [0.3, 0.4) is 0 Å². The van der Waals surface area contributed by atoms with Gasteiger partial charge in [-0.05, 0) is 30.2 Å². The summed E-state index contributed by atoms with van der Waals surface area (Å²) in [6, 6.07) is 18.6. The quantitative estimate of drug-likeness (QED) is 0.940. The topological polar surface area (TPSA) is 41.6 Å². The second kappa shape index (κ2) is 7.60. The van der Waals surface area contributed by atoms with Crippen molar-refractivity contribution in [3.05, 3.63) is 71.3 Å². The van der Waals surface area contributed by atoms with Crippen molar-refractivity contribution in [3.8, 4) is 0 Å². The van der Waals surface area contributed by atoms with Gasteiger partial charge in [0.1, 0.15) is 0 Å². The third-order valence-electron chi connectivity index (χ3n) is 4.48. The number of morpholine rings is 1. The first-order valence-corrected chi connectivity index (χ1v) is 8.39. The molecule has 0 aliphatic carbocycles. The highest BCUT2D eigenvalue weighted by molar-refractivity contribution is 5.93. The minimum absolute atomic E-state index is 0.0521. The van der Waals surface area contributed by atoms with Crippen LogP contribution in [0.2, 0.25) is 0 Å². The summed E-state index contributed by atoms with van der Waals surface area (Å²) in [7, 11) is 1.65. The van der Waals surface area contributed by atoms with Gasteiger partial charge in [-0.1, -0.05) is 42.5 Å². The van der Waals surface area contributed by atoms with E-state index in [1.165, 1.54) is 11.1 Å². The summed E-state index contributed by atoms with van der Waals surface area (Å²) in [5.74, 6) is -0.0521. The molecule has 1 heterocycles. The summed E-state index contributed by atoms with van der Waals surface area (Å²) in [6.07, 6.45) is 0.232. The predicted octanol–water partition coefficient (Wildman–Crippen LogP) is 3.01. The Morgan fingerprint density at radius 2 is 1.88 bits per heavy atom. The number of amides is 1. The van der Waals surface area contributed by atoms with Crippen molar-refractivity contribution in [1.82, 2.24) is 10.2 Å². The van der Waals surface area contributed by atoms with E-state index in [0.717, 1.165) is 13.1 Å². The van der Waals surface area contributed by atoms with E-state index in [4.69, 9.17) is 4.74 Å². The van der Waals surface area contributed by atoms with Crippen LogP contribution >= 0.6 is 0 Å². The zero-order valence-electron chi connectivity index (χ0n) is 14.2. The summed E-state index contributed by atoms with van der Waals surface area (Å²) in [6.45, 7) is 4.57. The molecule has 2 atom stereocenters. The number of carbonyl (C=O) groups excluding carboxylic acids is 1. The van der Waals surface area contributed by atoms with Crippen LogP contribution in [0.4, 0.5) is 0 Å². The molecule has 1 fully saturated rings. The molecule has 126 valence electrons. The van der Waals surface area contributed by atoms with E-state index in [9.17, 15) is 4.79 Å². The Morgan fingerprint density at radius 3 is 2.54 bits per heavy atom. The third kappa shape index (κ3) is 3.83. The molecule has 0 radical (unpaired) electrons. The normalized spacial score (nSPS) is 21.4. The fourth-order valence-electron chi connectivity index (χ4n) is 3.17. The smallest absolute Gasteiger partial charge is 0.251 e. The summed E-state index contributed by atoms with van der Waals surface area (Å²) < 4.78 is 5.88. The second-order valence-electron chi connectivity index (χ2n) is 6.28. The fourth-order valence-corrected chi connectivity index (χ4v) is 3.17. The molecule has 1 amide bonds. The zero-order chi connectivity index (χ0) is 16.9. The minimum atomic E-state index is -0.0521. The highest BCUT2D eigenvalue weighted by atomic mass is 16.5. The van der Waals surface area contributed by atoms with Crippen LogP contribution < -0.4 is 5.32 Å². The third-order valence-corrected chi connectivity index (χ3v) is 4.48. The Kier molecular flexibility index (Phi) is 5.28. The Hall–Kier alpha value is -2.17. The number of ether oxygens (including phenoxy) is 1. The van der Waals surface area contributed by atoms with Crippen molar-refractivity contribution in [3.63, 3.8) is 0 Å². The molecular formula is C20H24N2O2. The number of hydrogen-bond donors (Lipinski definition) is 1. The lowest BCUT2D eigenvalue weighted by Crippen LogP contribution is -2.43. The molecule has 4 heteroatoms. The number of nitrogens with zero attached hydrogens (tertiary/aromatic N) is 1. The van der Waals surface area contributed by atoms with E-state index in [1.54, 1.807) is 7.05 Å². The first-order valence-electron chi connectivity index (χ1n) is 8.39. The lowest BCUT2D eigenvalue weighted by atomic mass is 10.0. The van der Waals surface area contributed by atoms with E-state index in [1.807, 2.05) is 30.3 Å². The van der Waals surface area contributed by atoms with Gasteiger partial charge in [0.15, 0.2) is 0 Å². The molecule has 0 saturated carbocycles. The molecule has 0 spiro atoms. The molecule has 24 heavy (non-hydrogen) atoms. The van der Waals surface area contributed by atoms with Crippen LogP contribution in [0.15, 0.2) is 54.6 Å². The molecule has 1 aliphatic heterocycles. The van der Waals surface area contributed by atoms with Crippen molar-refractivity contribution in [2.75, 3.05) is 20.2 Å². The molecule has 2 aromatic rings. The highest BCUT2D eigenvalue weighted by Gasteiger charge is 2.27. The van der Waals surface area contributed by atoms with Crippen molar-refractivity contribution in [1.29, 1.82) is 0 Å².